The van der Waals surface area contributed by atoms with Crippen molar-refractivity contribution in [2.24, 2.45) is 0 Å². The fraction of sp³-hybridized carbons (Fsp3) is 0.375. The van der Waals surface area contributed by atoms with E-state index in [1.54, 1.807) is 0 Å². The second kappa shape index (κ2) is 8.19. The maximum Gasteiger partial charge on any atom is 0.157 e. The Labute approximate surface area is 131 Å². The summed E-state index contributed by atoms with van der Waals surface area (Å²) in [6, 6.07) is 10.3. The van der Waals surface area contributed by atoms with Crippen LogP contribution in [0.25, 0.3) is 0 Å². The van der Waals surface area contributed by atoms with Crippen molar-refractivity contribution in [3.8, 4) is 0 Å². The van der Waals surface area contributed by atoms with Crippen molar-refractivity contribution >= 4 is 17.3 Å². The zero-order valence-corrected chi connectivity index (χ0v) is 12.9. The molecule has 0 bridgehead atoms. The SMILES string of the molecule is CCN(CCO)c1ncnc(NCCc2ccccc2)c1N. The molecule has 0 saturated carbocycles. The van der Waals surface area contributed by atoms with Gasteiger partial charge in [0.05, 0.1) is 6.61 Å². The molecule has 0 aliphatic rings. The molecular weight excluding hydrogens is 278 g/mol. The van der Waals surface area contributed by atoms with Crippen LogP contribution in [0.1, 0.15) is 12.5 Å². The lowest BCUT2D eigenvalue weighted by atomic mass is 10.1. The van der Waals surface area contributed by atoms with Crippen molar-refractivity contribution in [3.05, 3.63) is 42.2 Å². The first kappa shape index (κ1) is 16.0. The number of likely N-dealkylation sites (N-methyl/N-ethyl adjacent to an activating group) is 1. The average Bonchev–Trinajstić information content (AvgIpc) is 2.55. The molecule has 0 saturated heterocycles. The number of hydrogen-bond acceptors (Lipinski definition) is 6. The minimum absolute atomic E-state index is 0.0635. The maximum absolute atomic E-state index is 9.12. The summed E-state index contributed by atoms with van der Waals surface area (Å²) in [4.78, 5) is 10.4. The van der Waals surface area contributed by atoms with Crippen molar-refractivity contribution in [3.63, 3.8) is 0 Å². The van der Waals surface area contributed by atoms with Gasteiger partial charge in [-0.3, -0.25) is 0 Å². The summed E-state index contributed by atoms with van der Waals surface area (Å²) < 4.78 is 0. The first-order valence-corrected chi connectivity index (χ1v) is 7.50. The summed E-state index contributed by atoms with van der Waals surface area (Å²) in [5.74, 6) is 1.30. The van der Waals surface area contributed by atoms with Gasteiger partial charge in [0, 0.05) is 19.6 Å². The number of rotatable bonds is 8. The summed E-state index contributed by atoms with van der Waals surface area (Å²) in [6.45, 7) is 4.04. The molecule has 1 aromatic carbocycles. The van der Waals surface area contributed by atoms with E-state index >= 15 is 0 Å². The fourth-order valence-corrected chi connectivity index (χ4v) is 2.28. The Kier molecular flexibility index (Phi) is 5.97. The van der Waals surface area contributed by atoms with Crippen molar-refractivity contribution in [2.75, 3.05) is 42.2 Å². The summed E-state index contributed by atoms with van der Waals surface area (Å²) >= 11 is 0. The van der Waals surface area contributed by atoms with Gasteiger partial charge in [-0.05, 0) is 18.9 Å². The van der Waals surface area contributed by atoms with E-state index in [9.17, 15) is 0 Å². The van der Waals surface area contributed by atoms with E-state index in [0.717, 1.165) is 19.5 Å². The molecular formula is C16H23N5O. The van der Waals surface area contributed by atoms with Gasteiger partial charge in [-0.15, -0.1) is 0 Å². The normalized spacial score (nSPS) is 10.5. The van der Waals surface area contributed by atoms with E-state index < -0.39 is 0 Å². The van der Waals surface area contributed by atoms with Gasteiger partial charge in [-0.25, -0.2) is 9.97 Å². The molecule has 0 atom stereocenters. The zero-order chi connectivity index (χ0) is 15.8. The molecule has 1 aromatic heterocycles. The Balaban J connectivity index is 2.02. The highest BCUT2D eigenvalue weighted by Gasteiger charge is 2.13. The monoisotopic (exact) mass is 301 g/mol. The molecule has 2 rings (SSSR count). The highest BCUT2D eigenvalue weighted by molar-refractivity contribution is 5.74. The molecule has 0 aliphatic carbocycles. The third kappa shape index (κ3) is 4.08. The molecule has 6 nitrogen and oxygen atoms in total. The Morgan fingerprint density at radius 1 is 1.23 bits per heavy atom. The van der Waals surface area contributed by atoms with Crippen LogP contribution in [0.2, 0.25) is 0 Å². The third-order valence-electron chi connectivity index (χ3n) is 3.46. The van der Waals surface area contributed by atoms with Crippen LogP contribution in [0.15, 0.2) is 36.7 Å². The minimum atomic E-state index is 0.0635. The topological polar surface area (TPSA) is 87.3 Å². The molecule has 0 amide bonds. The van der Waals surface area contributed by atoms with Crippen molar-refractivity contribution in [1.82, 2.24) is 9.97 Å². The molecule has 2 aromatic rings. The molecule has 4 N–H and O–H groups in total. The van der Waals surface area contributed by atoms with Crippen molar-refractivity contribution < 1.29 is 5.11 Å². The van der Waals surface area contributed by atoms with E-state index in [2.05, 4.69) is 27.4 Å². The quantitative estimate of drug-likeness (QED) is 0.685. The number of nitrogens with one attached hydrogen (secondary N) is 1. The Morgan fingerprint density at radius 3 is 2.68 bits per heavy atom. The first-order chi connectivity index (χ1) is 10.8. The largest absolute Gasteiger partial charge is 0.395 e. The number of hydrogen-bond donors (Lipinski definition) is 3. The van der Waals surface area contributed by atoms with E-state index in [1.807, 2.05) is 30.0 Å². The van der Waals surface area contributed by atoms with Gasteiger partial charge in [0.15, 0.2) is 11.6 Å². The highest BCUT2D eigenvalue weighted by atomic mass is 16.3. The Hall–Kier alpha value is -2.34. The lowest BCUT2D eigenvalue weighted by molar-refractivity contribution is 0.302. The van der Waals surface area contributed by atoms with Crippen LogP contribution in [-0.2, 0) is 6.42 Å². The molecule has 0 fully saturated rings. The van der Waals surface area contributed by atoms with Gasteiger partial charge >= 0.3 is 0 Å². The van der Waals surface area contributed by atoms with Crippen LogP contribution in [0.5, 0.6) is 0 Å². The van der Waals surface area contributed by atoms with Crippen LogP contribution in [0.3, 0.4) is 0 Å². The number of aromatic nitrogens is 2. The van der Waals surface area contributed by atoms with Gasteiger partial charge in [0.1, 0.15) is 12.0 Å². The lowest BCUT2D eigenvalue weighted by Gasteiger charge is -2.23. The number of benzene rings is 1. The number of nitrogens with two attached hydrogens (primary N) is 1. The van der Waals surface area contributed by atoms with E-state index in [0.29, 0.717) is 23.9 Å². The van der Waals surface area contributed by atoms with E-state index in [1.165, 1.54) is 11.9 Å². The average molecular weight is 301 g/mol. The van der Waals surface area contributed by atoms with Gasteiger partial charge in [-0.1, -0.05) is 30.3 Å². The molecule has 0 spiro atoms. The highest BCUT2D eigenvalue weighted by Crippen LogP contribution is 2.25. The Morgan fingerprint density at radius 2 is 2.00 bits per heavy atom. The molecule has 6 heteroatoms. The van der Waals surface area contributed by atoms with Crippen molar-refractivity contribution in [1.29, 1.82) is 0 Å². The number of anilines is 3. The number of nitrogen functional groups attached to an aromatic ring is 1. The summed E-state index contributed by atoms with van der Waals surface area (Å²) in [5.41, 5.74) is 7.94. The van der Waals surface area contributed by atoms with Gasteiger partial charge in [0.25, 0.3) is 0 Å². The summed E-state index contributed by atoms with van der Waals surface area (Å²) in [6.07, 6.45) is 2.39. The van der Waals surface area contributed by atoms with Crippen LogP contribution in [-0.4, -0.2) is 41.3 Å². The first-order valence-electron chi connectivity index (χ1n) is 7.50. The van der Waals surface area contributed by atoms with Crippen LogP contribution in [0, 0.1) is 0 Å². The molecule has 0 unspecified atom stereocenters. The Bertz CT molecular complexity index is 576. The van der Waals surface area contributed by atoms with Gasteiger partial charge in [0.2, 0.25) is 0 Å². The smallest absolute Gasteiger partial charge is 0.157 e. The van der Waals surface area contributed by atoms with E-state index in [-0.39, 0.29) is 6.61 Å². The number of aliphatic hydroxyl groups is 1. The number of aliphatic hydroxyl groups excluding tert-OH is 1. The summed E-state index contributed by atoms with van der Waals surface area (Å²) in [5, 5.41) is 12.4. The molecule has 1 heterocycles. The molecule has 22 heavy (non-hydrogen) atoms. The second-order valence-electron chi connectivity index (χ2n) is 4.93. The fourth-order valence-electron chi connectivity index (χ4n) is 2.28. The van der Waals surface area contributed by atoms with Gasteiger partial charge < -0.3 is 21.1 Å². The third-order valence-corrected chi connectivity index (χ3v) is 3.46. The predicted molar refractivity (Wildman–Crippen MR) is 90.1 cm³/mol. The van der Waals surface area contributed by atoms with Crippen LogP contribution >= 0.6 is 0 Å². The van der Waals surface area contributed by atoms with Crippen LogP contribution in [0.4, 0.5) is 17.3 Å². The standard InChI is InChI=1S/C16H23N5O/c1-2-21(10-11-22)16-14(17)15(19-12-20-16)18-9-8-13-6-4-3-5-7-13/h3-7,12,22H,2,8-11,17H2,1H3,(H,18,19,20). The van der Waals surface area contributed by atoms with E-state index in [4.69, 9.17) is 10.8 Å². The zero-order valence-electron chi connectivity index (χ0n) is 12.9. The maximum atomic E-state index is 9.12. The summed E-state index contributed by atoms with van der Waals surface area (Å²) in [7, 11) is 0. The second-order valence-corrected chi connectivity index (χ2v) is 4.93. The number of nitrogens with zero attached hydrogens (tertiary/aromatic N) is 3. The minimum Gasteiger partial charge on any atom is -0.395 e. The van der Waals surface area contributed by atoms with Crippen molar-refractivity contribution in [2.45, 2.75) is 13.3 Å². The lowest BCUT2D eigenvalue weighted by Crippen LogP contribution is -2.28. The molecule has 118 valence electrons. The molecule has 0 aliphatic heterocycles. The van der Waals surface area contributed by atoms with Crippen LogP contribution < -0.4 is 16.0 Å². The predicted octanol–water partition coefficient (Wildman–Crippen LogP) is 1.53. The molecule has 0 radical (unpaired) electrons. The van der Waals surface area contributed by atoms with Gasteiger partial charge in [-0.2, -0.15) is 0 Å².